The summed E-state index contributed by atoms with van der Waals surface area (Å²) < 4.78 is 5.07. The first-order valence-corrected chi connectivity index (χ1v) is 8.48. The largest absolute Gasteiger partial charge is 0.396 e. The van der Waals surface area contributed by atoms with E-state index in [1.807, 2.05) is 0 Å². The molecule has 0 aliphatic rings. The minimum atomic E-state index is 0.244. The highest BCUT2D eigenvalue weighted by molar-refractivity contribution is 5.79. The van der Waals surface area contributed by atoms with Crippen LogP contribution >= 0.6 is 0 Å². The Hall–Kier alpha value is -0.850. The highest BCUT2D eigenvalue weighted by Crippen LogP contribution is 2.10. The van der Waals surface area contributed by atoms with Gasteiger partial charge in [-0.2, -0.15) is 0 Å². The first-order chi connectivity index (χ1) is 10.7. The van der Waals surface area contributed by atoms with Crippen LogP contribution in [0, 0.1) is 5.92 Å². The molecule has 6 heteroatoms. The lowest BCUT2D eigenvalue weighted by atomic mass is 10.0. The van der Waals surface area contributed by atoms with Gasteiger partial charge in [-0.05, 0) is 32.7 Å². The van der Waals surface area contributed by atoms with Crippen molar-refractivity contribution in [2.75, 3.05) is 60.1 Å². The Morgan fingerprint density at radius 1 is 1.23 bits per heavy atom. The molecule has 0 spiro atoms. The molecule has 0 aromatic carbocycles. The summed E-state index contributed by atoms with van der Waals surface area (Å²) in [7, 11) is 3.81. The molecule has 22 heavy (non-hydrogen) atoms. The Balaban J connectivity index is 4.18. The molecule has 0 amide bonds. The van der Waals surface area contributed by atoms with E-state index >= 15 is 0 Å². The maximum atomic E-state index is 9.11. The summed E-state index contributed by atoms with van der Waals surface area (Å²) in [5.41, 5.74) is 0. The van der Waals surface area contributed by atoms with Crippen molar-refractivity contribution in [2.24, 2.45) is 10.9 Å². The third-order valence-corrected chi connectivity index (χ3v) is 3.55. The number of ether oxygens (including phenoxy) is 1. The standard InChI is InChI=1S/C16H36N4O2/c1-5-7-15(8-12-21)14-19-16(17-6-2)18-9-10-20(3)11-13-22-4/h15,21H,5-14H2,1-4H3,(H2,17,18,19). The van der Waals surface area contributed by atoms with Gasteiger partial charge in [0.1, 0.15) is 0 Å². The molecule has 1 atom stereocenters. The molecule has 0 saturated heterocycles. The first-order valence-electron chi connectivity index (χ1n) is 8.48. The van der Waals surface area contributed by atoms with Crippen molar-refractivity contribution >= 4 is 5.96 Å². The fraction of sp³-hybridized carbons (Fsp3) is 0.938. The van der Waals surface area contributed by atoms with Crippen LogP contribution in [-0.4, -0.2) is 76.1 Å². The number of hydrogen-bond acceptors (Lipinski definition) is 4. The number of guanidine groups is 1. The summed E-state index contributed by atoms with van der Waals surface area (Å²) in [5, 5.41) is 15.7. The molecule has 1 unspecified atom stereocenters. The van der Waals surface area contributed by atoms with E-state index in [4.69, 9.17) is 9.84 Å². The zero-order valence-electron chi connectivity index (χ0n) is 14.9. The van der Waals surface area contributed by atoms with Crippen LogP contribution in [0.5, 0.6) is 0 Å². The van der Waals surface area contributed by atoms with Gasteiger partial charge in [0, 0.05) is 46.4 Å². The maximum absolute atomic E-state index is 9.11. The average molecular weight is 316 g/mol. The SMILES string of the molecule is CCCC(CCO)CN=C(NCC)NCCN(C)CCOC. The van der Waals surface area contributed by atoms with Gasteiger partial charge in [0.25, 0.3) is 0 Å². The normalized spacial score (nSPS) is 13.5. The fourth-order valence-corrected chi connectivity index (χ4v) is 2.20. The van der Waals surface area contributed by atoms with E-state index in [0.717, 1.165) is 64.6 Å². The maximum Gasteiger partial charge on any atom is 0.191 e. The van der Waals surface area contributed by atoms with Crippen molar-refractivity contribution in [3.05, 3.63) is 0 Å². The highest BCUT2D eigenvalue weighted by Gasteiger charge is 2.07. The molecular weight excluding hydrogens is 280 g/mol. The molecule has 0 aliphatic carbocycles. The molecule has 0 bridgehead atoms. The molecule has 0 radical (unpaired) electrons. The van der Waals surface area contributed by atoms with Crippen LogP contribution in [-0.2, 0) is 4.74 Å². The Morgan fingerprint density at radius 2 is 2.00 bits per heavy atom. The Bertz CT molecular complexity index is 269. The summed E-state index contributed by atoms with van der Waals surface area (Å²) >= 11 is 0. The lowest BCUT2D eigenvalue weighted by Gasteiger charge is -2.18. The number of nitrogens with one attached hydrogen (secondary N) is 2. The summed E-state index contributed by atoms with van der Waals surface area (Å²) in [6.07, 6.45) is 3.08. The Labute approximate surface area is 136 Å². The molecule has 0 heterocycles. The van der Waals surface area contributed by atoms with Crippen LogP contribution < -0.4 is 10.6 Å². The Morgan fingerprint density at radius 3 is 2.59 bits per heavy atom. The smallest absolute Gasteiger partial charge is 0.191 e. The van der Waals surface area contributed by atoms with Crippen molar-refractivity contribution in [1.29, 1.82) is 0 Å². The third kappa shape index (κ3) is 11.8. The van der Waals surface area contributed by atoms with E-state index in [2.05, 4.69) is 41.4 Å². The van der Waals surface area contributed by atoms with Gasteiger partial charge >= 0.3 is 0 Å². The van der Waals surface area contributed by atoms with E-state index < -0.39 is 0 Å². The summed E-state index contributed by atoms with van der Waals surface area (Å²) in [6, 6.07) is 0. The van der Waals surface area contributed by atoms with Crippen LogP contribution in [0.25, 0.3) is 0 Å². The van der Waals surface area contributed by atoms with Crippen LogP contribution in [0.3, 0.4) is 0 Å². The van der Waals surface area contributed by atoms with Crippen LogP contribution in [0.4, 0.5) is 0 Å². The minimum absolute atomic E-state index is 0.244. The predicted molar refractivity (Wildman–Crippen MR) is 93.5 cm³/mol. The number of hydrogen-bond donors (Lipinski definition) is 3. The number of nitrogens with zero attached hydrogens (tertiary/aromatic N) is 2. The van der Waals surface area contributed by atoms with Gasteiger partial charge in [0.05, 0.1) is 6.61 Å². The fourth-order valence-electron chi connectivity index (χ4n) is 2.20. The quantitative estimate of drug-likeness (QED) is 0.348. The van der Waals surface area contributed by atoms with Gasteiger partial charge in [-0.1, -0.05) is 13.3 Å². The topological polar surface area (TPSA) is 69.1 Å². The Kier molecular flexibility index (Phi) is 14.5. The summed E-state index contributed by atoms with van der Waals surface area (Å²) in [5.74, 6) is 1.33. The number of likely N-dealkylation sites (N-methyl/N-ethyl adjacent to an activating group) is 1. The lowest BCUT2D eigenvalue weighted by molar-refractivity contribution is 0.162. The average Bonchev–Trinajstić information content (AvgIpc) is 2.50. The van der Waals surface area contributed by atoms with Gasteiger partial charge < -0.3 is 25.4 Å². The van der Waals surface area contributed by atoms with Crippen LogP contribution in [0.1, 0.15) is 33.1 Å². The third-order valence-electron chi connectivity index (χ3n) is 3.55. The van der Waals surface area contributed by atoms with E-state index in [0.29, 0.717) is 5.92 Å². The zero-order valence-corrected chi connectivity index (χ0v) is 14.9. The number of aliphatic hydroxyl groups excluding tert-OH is 1. The van der Waals surface area contributed by atoms with Crippen molar-refractivity contribution in [3.63, 3.8) is 0 Å². The zero-order chi connectivity index (χ0) is 16.6. The molecule has 0 fully saturated rings. The van der Waals surface area contributed by atoms with Crippen molar-refractivity contribution in [2.45, 2.75) is 33.1 Å². The van der Waals surface area contributed by atoms with Crippen molar-refractivity contribution in [3.8, 4) is 0 Å². The second-order valence-electron chi connectivity index (χ2n) is 5.61. The monoisotopic (exact) mass is 316 g/mol. The molecule has 0 aromatic rings. The molecule has 0 aromatic heterocycles. The van der Waals surface area contributed by atoms with E-state index in [1.165, 1.54) is 0 Å². The van der Waals surface area contributed by atoms with Crippen LogP contribution in [0.2, 0.25) is 0 Å². The molecule has 0 saturated carbocycles. The van der Waals surface area contributed by atoms with Crippen LogP contribution in [0.15, 0.2) is 4.99 Å². The highest BCUT2D eigenvalue weighted by atomic mass is 16.5. The molecule has 6 nitrogen and oxygen atoms in total. The number of rotatable bonds is 13. The molecule has 3 N–H and O–H groups in total. The first kappa shape index (κ1) is 21.1. The molecule has 132 valence electrons. The van der Waals surface area contributed by atoms with Gasteiger partial charge in [0.2, 0.25) is 0 Å². The summed E-state index contributed by atoms with van der Waals surface area (Å²) in [4.78, 5) is 6.88. The van der Waals surface area contributed by atoms with Crippen molar-refractivity contribution in [1.82, 2.24) is 15.5 Å². The van der Waals surface area contributed by atoms with E-state index in [1.54, 1.807) is 7.11 Å². The molecule has 0 aliphatic heterocycles. The lowest BCUT2D eigenvalue weighted by Crippen LogP contribution is -2.41. The minimum Gasteiger partial charge on any atom is -0.396 e. The summed E-state index contributed by atoms with van der Waals surface area (Å²) in [6.45, 7) is 9.59. The second-order valence-corrected chi connectivity index (χ2v) is 5.61. The van der Waals surface area contributed by atoms with Crippen molar-refractivity contribution < 1.29 is 9.84 Å². The van der Waals surface area contributed by atoms with E-state index in [-0.39, 0.29) is 6.61 Å². The number of methoxy groups -OCH3 is 1. The number of aliphatic imine (C=N–C) groups is 1. The van der Waals surface area contributed by atoms with Gasteiger partial charge in [-0.3, -0.25) is 4.99 Å². The second kappa shape index (κ2) is 15.1. The molecular formula is C16H36N4O2. The number of aliphatic hydroxyl groups is 1. The molecule has 0 rings (SSSR count). The van der Waals surface area contributed by atoms with Gasteiger partial charge in [0.15, 0.2) is 5.96 Å². The predicted octanol–water partition coefficient (Wildman–Crippen LogP) is 0.918. The van der Waals surface area contributed by atoms with E-state index in [9.17, 15) is 0 Å². The van der Waals surface area contributed by atoms with Gasteiger partial charge in [-0.15, -0.1) is 0 Å². The van der Waals surface area contributed by atoms with Gasteiger partial charge in [-0.25, -0.2) is 0 Å².